The summed E-state index contributed by atoms with van der Waals surface area (Å²) in [6.45, 7) is 23.3. The Kier molecular flexibility index (Phi) is 31.6. The van der Waals surface area contributed by atoms with Gasteiger partial charge in [0.25, 0.3) is 28.5 Å². The number of nitrogens with one attached hydrogen (secondary N) is 7. The van der Waals surface area contributed by atoms with Crippen LogP contribution in [0.25, 0.3) is 33.5 Å². The first kappa shape index (κ1) is 92.4. The van der Waals surface area contributed by atoms with E-state index in [9.17, 15) is 68.3 Å². The van der Waals surface area contributed by atoms with Gasteiger partial charge >= 0.3 is 42.4 Å². The lowest BCUT2D eigenvalue weighted by molar-refractivity contribution is -0.193. The molecule has 0 aliphatic carbocycles. The number of hydrogen-bond donors (Lipinski definition) is 11. The molecule has 0 radical (unpaired) electrons. The van der Waals surface area contributed by atoms with Gasteiger partial charge in [-0.05, 0) is 77.9 Å². The van der Waals surface area contributed by atoms with Crippen molar-refractivity contribution in [3.05, 3.63) is 115 Å². The first-order valence-corrected chi connectivity index (χ1v) is 35.8. The van der Waals surface area contributed by atoms with Crippen LogP contribution in [-0.2, 0) is 60.0 Å². The predicted molar refractivity (Wildman–Crippen MR) is 421 cm³/mol. The van der Waals surface area contributed by atoms with E-state index in [0.29, 0.717) is 111 Å². The molecule has 3 amide bonds. The lowest BCUT2D eigenvalue weighted by Crippen LogP contribution is -2.44. The zero-order valence-electron chi connectivity index (χ0n) is 65.6. The molecule has 12 N–H and O–H groups in total. The molecule has 0 bridgehead atoms. The Morgan fingerprint density at radius 3 is 1.17 bits per heavy atom. The molecule has 36 nitrogen and oxygen atoms in total. The van der Waals surface area contributed by atoms with Gasteiger partial charge in [-0.25, -0.2) is 14.4 Å². The number of amides is 3. The summed E-state index contributed by atoms with van der Waals surface area (Å²) in [6, 6.07) is 21.0. The number of piperazine rings is 3. The van der Waals surface area contributed by atoms with Gasteiger partial charge in [0.15, 0.2) is 33.5 Å². The van der Waals surface area contributed by atoms with Gasteiger partial charge in [0.1, 0.15) is 5.75 Å². The maximum Gasteiger partial charge on any atom is 0.490 e. The van der Waals surface area contributed by atoms with Crippen molar-refractivity contribution in [1.29, 1.82) is 0 Å². The van der Waals surface area contributed by atoms with E-state index in [2.05, 4.69) is 112 Å². The molecule has 0 atom stereocenters. The summed E-state index contributed by atoms with van der Waals surface area (Å²) >= 11 is 0. The van der Waals surface area contributed by atoms with Crippen LogP contribution in [0, 0.1) is 35.5 Å². The molecule has 3 fully saturated rings. The fraction of sp³-hybridized carbons (Fsp3) is 0.392. The van der Waals surface area contributed by atoms with Gasteiger partial charge in [-0.1, -0.05) is 48.1 Å². The van der Waals surface area contributed by atoms with Gasteiger partial charge in [0, 0.05) is 124 Å². The summed E-state index contributed by atoms with van der Waals surface area (Å²) in [5.74, 6) is 11.6. The maximum absolute atomic E-state index is 13.5. The van der Waals surface area contributed by atoms with Crippen molar-refractivity contribution in [1.82, 2.24) is 78.6 Å². The molecular formula is C74H84F9N23O13. The second kappa shape index (κ2) is 40.7. The molecular weight excluding hydrogens is 1590 g/mol. The predicted octanol–water partition coefficient (Wildman–Crippen LogP) is 5.45. The van der Waals surface area contributed by atoms with Crippen LogP contribution >= 0.6 is 0 Å². The van der Waals surface area contributed by atoms with Crippen LogP contribution in [0.4, 0.5) is 86.3 Å². The molecule has 636 valence electrons. The molecule has 3 aliphatic heterocycles. The number of para-hydroxylation sites is 2. The van der Waals surface area contributed by atoms with Crippen molar-refractivity contribution >= 4 is 116 Å². The number of nitrogens with zero attached hydrogens (tertiary/aromatic N) is 15. The number of benzene rings is 3. The number of carboxylic acids is 3. The average molecular weight is 1670 g/mol. The summed E-state index contributed by atoms with van der Waals surface area (Å²) in [5.41, 5.74) is 8.89. The van der Waals surface area contributed by atoms with Crippen molar-refractivity contribution in [3.8, 4) is 47.3 Å². The highest BCUT2D eigenvalue weighted by molar-refractivity contribution is 6.01. The Morgan fingerprint density at radius 1 is 0.496 bits per heavy atom. The Morgan fingerprint density at radius 2 is 0.832 bits per heavy atom. The Labute approximate surface area is 671 Å². The van der Waals surface area contributed by atoms with E-state index in [-0.39, 0.29) is 46.0 Å². The first-order valence-electron chi connectivity index (χ1n) is 35.8. The number of carbonyl (C=O) groups excluding carboxylic acids is 3. The number of primary amides is 1. The molecule has 0 unspecified atom stereocenters. The fourth-order valence-corrected chi connectivity index (χ4v) is 11.2. The van der Waals surface area contributed by atoms with Crippen LogP contribution in [-0.4, -0.2) is 211 Å². The quantitative estimate of drug-likeness (QED) is 0.0448. The van der Waals surface area contributed by atoms with Crippen LogP contribution in [0.1, 0.15) is 69.2 Å². The van der Waals surface area contributed by atoms with E-state index < -0.39 is 42.3 Å². The molecule has 6 aromatic heterocycles. The van der Waals surface area contributed by atoms with Crippen molar-refractivity contribution in [2.24, 2.45) is 26.9 Å². The van der Waals surface area contributed by atoms with Crippen LogP contribution < -0.4 is 79.1 Å². The van der Waals surface area contributed by atoms with E-state index >= 15 is 0 Å². The molecule has 3 aromatic carbocycles. The number of alkyl halides is 9. The lowest BCUT2D eigenvalue weighted by atomic mass is 10.1. The molecule has 0 saturated carbocycles. The Bertz CT molecular complexity index is 5540. The van der Waals surface area contributed by atoms with E-state index in [4.69, 9.17) is 45.2 Å². The van der Waals surface area contributed by atoms with Gasteiger partial charge in [-0.15, -0.1) is 17.8 Å². The summed E-state index contributed by atoms with van der Waals surface area (Å²) < 4.78 is 111. The molecule has 119 heavy (non-hydrogen) atoms. The Hall–Kier alpha value is -13.7. The fourth-order valence-electron chi connectivity index (χ4n) is 11.2. The number of imidazole rings is 3. The topological polar surface area (TPSA) is 450 Å². The number of aliphatic carboxylic acids is 3. The van der Waals surface area contributed by atoms with Crippen LogP contribution in [0.2, 0.25) is 0 Å². The van der Waals surface area contributed by atoms with E-state index in [1.807, 2.05) is 40.5 Å². The largest absolute Gasteiger partial charge is 0.490 e. The number of fused-ring (bicyclic) bond motifs is 3. The standard InChI is InChI=1S/C25H32N8O2.C22H25N7O3.C21H24N8O2.3C2HF3O2/c1-6-7-14-33-19-20(29-24(33)32-15-12-26-13-16-32)28-23(31(5)22(19)35)27-18-11-9-8-10-17(18)21(34)30-25(2,3)4;1-4-5-11-29-18-19(25-21(29)28-12-9-23-10-13-28)26-22(27(3)20(18)31)32-17-8-6-7-16(14-17)24-15(2)30;1-3-4-11-29-16-18(26-21(29)28-12-9-23-10-13-28)25-20(27(2)19(16)31)24-15-8-6-5-7-14(15)17(22)30;3*3-2(4,5)1(6)7/h8-11,26H,12-16H2,1-5H3,(H,27,28)(H,30,34);6-8,14,23H,9-13H2,1-3H3,(H,24,30);5-8,23H,9-13H2,1-2H3,(H2,22,30)(H,24,25);3*(H,6,7). The molecule has 9 aromatic rings. The van der Waals surface area contributed by atoms with Gasteiger partial charge in [0.05, 0.1) is 42.1 Å². The highest BCUT2D eigenvalue weighted by Crippen LogP contribution is 2.30. The van der Waals surface area contributed by atoms with Crippen molar-refractivity contribution < 1.29 is 88.3 Å². The number of hydrogen-bond acceptors (Lipinski definition) is 24. The van der Waals surface area contributed by atoms with E-state index in [1.165, 1.54) is 20.6 Å². The zero-order chi connectivity index (χ0) is 88.0. The average Bonchev–Trinajstić information content (AvgIpc) is 1.62. The number of carboxylic acid groups (broad SMARTS) is 3. The minimum Gasteiger partial charge on any atom is -0.475 e. The first-order chi connectivity index (χ1) is 56.0. The van der Waals surface area contributed by atoms with Crippen LogP contribution in [0.15, 0.2) is 87.2 Å². The highest BCUT2D eigenvalue weighted by atomic mass is 19.4. The monoisotopic (exact) mass is 1670 g/mol. The minimum atomic E-state index is -5.08. The number of ether oxygens (including phenoxy) is 1. The number of rotatable bonds is 15. The van der Waals surface area contributed by atoms with Crippen molar-refractivity contribution in [2.75, 3.05) is 109 Å². The van der Waals surface area contributed by atoms with Crippen LogP contribution in [0.3, 0.4) is 0 Å². The number of carbonyl (C=O) groups is 6. The van der Waals surface area contributed by atoms with Crippen molar-refractivity contribution in [2.45, 2.75) is 92.2 Å². The minimum absolute atomic E-state index is 0.112. The number of aromatic nitrogens is 12. The second-order valence-corrected chi connectivity index (χ2v) is 26.5. The molecule has 0 spiro atoms. The normalized spacial score (nSPS) is 13.3. The molecule has 12 rings (SSSR count). The van der Waals surface area contributed by atoms with Gasteiger partial charge in [0.2, 0.25) is 35.6 Å². The van der Waals surface area contributed by atoms with E-state index in [1.54, 1.807) is 109 Å². The number of halogens is 9. The van der Waals surface area contributed by atoms with Crippen molar-refractivity contribution in [3.63, 3.8) is 0 Å². The number of nitrogens with two attached hydrogens (primary N) is 1. The Balaban J connectivity index is 0.000000219. The number of anilines is 8. The summed E-state index contributed by atoms with van der Waals surface area (Å²) in [4.78, 5) is 137. The van der Waals surface area contributed by atoms with E-state index in [0.717, 1.165) is 78.5 Å². The smallest absolute Gasteiger partial charge is 0.475 e. The highest BCUT2D eigenvalue weighted by Gasteiger charge is 2.40. The summed E-state index contributed by atoms with van der Waals surface area (Å²) in [6.07, 6.45) is -15.3. The SMILES string of the molecule is CC#CCn1c(N2CCNCC2)nc2nc(Nc3ccccc3C(=O)NC(C)(C)C)n(C)c(=O)c21.CC#CCn1c(N2CCNCC2)nc2nc(Nc3ccccc3C(N)=O)n(C)c(=O)c21.CC#CCn1c(N2CCNCC2)nc2nc(Oc3cccc(NC(C)=O)c3)n(C)c(=O)c21.O=C(O)C(F)(F)F.O=C(O)C(F)(F)F.O=C(O)C(F)(F)F. The third kappa shape index (κ3) is 24.9. The summed E-state index contributed by atoms with van der Waals surface area (Å²) in [5, 5.41) is 43.3. The molecule has 3 aliphatic rings. The van der Waals surface area contributed by atoms with Crippen LogP contribution in [0.5, 0.6) is 11.8 Å². The zero-order valence-corrected chi connectivity index (χ0v) is 65.6. The van der Waals surface area contributed by atoms with Gasteiger partial charge in [-0.3, -0.25) is 56.2 Å². The molecule has 45 heteroatoms. The third-order valence-electron chi connectivity index (χ3n) is 16.7. The van der Waals surface area contributed by atoms with Gasteiger partial charge < -0.3 is 77.7 Å². The second-order valence-electron chi connectivity index (χ2n) is 26.5. The third-order valence-corrected chi connectivity index (χ3v) is 16.7. The summed E-state index contributed by atoms with van der Waals surface area (Å²) in [7, 11) is 4.88. The molecule has 3 saturated heterocycles. The lowest BCUT2D eigenvalue weighted by Gasteiger charge is -2.28. The van der Waals surface area contributed by atoms with Gasteiger partial charge in [-0.2, -0.15) is 69.4 Å². The maximum atomic E-state index is 13.5. The molecule has 9 heterocycles.